The lowest BCUT2D eigenvalue weighted by Crippen LogP contribution is -2.37. The molecule has 3 heterocycles. The van der Waals surface area contributed by atoms with Gasteiger partial charge >= 0.3 is 0 Å². The number of rotatable bonds is 1. The van der Waals surface area contributed by atoms with E-state index in [2.05, 4.69) is 20.9 Å². The first kappa shape index (κ1) is 12.4. The largest absolute Gasteiger partial charge is 0.354 e. The van der Waals surface area contributed by atoms with Crippen molar-refractivity contribution < 1.29 is 0 Å². The highest BCUT2D eigenvalue weighted by Gasteiger charge is 2.30. The van der Waals surface area contributed by atoms with Gasteiger partial charge in [0.2, 0.25) is 0 Å². The van der Waals surface area contributed by atoms with Gasteiger partial charge in [-0.1, -0.05) is 0 Å². The van der Waals surface area contributed by atoms with Gasteiger partial charge in [0.1, 0.15) is 11.9 Å². The zero-order chi connectivity index (χ0) is 13.2. The van der Waals surface area contributed by atoms with Crippen molar-refractivity contribution in [3.63, 3.8) is 0 Å². The van der Waals surface area contributed by atoms with E-state index in [1.165, 1.54) is 25.9 Å². The minimum absolute atomic E-state index is 0.649. The molecule has 19 heavy (non-hydrogen) atoms. The van der Waals surface area contributed by atoms with Gasteiger partial charge in [0.05, 0.1) is 5.56 Å². The number of nitriles is 1. The number of aromatic nitrogens is 1. The molecule has 0 amide bonds. The van der Waals surface area contributed by atoms with Crippen molar-refractivity contribution in [2.24, 2.45) is 0 Å². The summed E-state index contributed by atoms with van der Waals surface area (Å²) in [6.45, 7) is 6.45. The van der Waals surface area contributed by atoms with Gasteiger partial charge in [-0.05, 0) is 44.4 Å². The molecule has 3 rings (SSSR count). The Morgan fingerprint density at radius 3 is 3.00 bits per heavy atom. The van der Waals surface area contributed by atoms with Crippen LogP contribution in [-0.2, 0) is 0 Å². The zero-order valence-electron chi connectivity index (χ0n) is 11.5. The van der Waals surface area contributed by atoms with Crippen molar-refractivity contribution in [1.82, 2.24) is 9.88 Å². The van der Waals surface area contributed by atoms with Crippen LogP contribution in [-0.4, -0.2) is 42.1 Å². The lowest BCUT2D eigenvalue weighted by atomic mass is 10.1. The number of hydrogen-bond acceptors (Lipinski definition) is 4. The molecule has 0 saturated carbocycles. The van der Waals surface area contributed by atoms with Crippen LogP contribution in [0.4, 0.5) is 5.82 Å². The summed E-state index contributed by atoms with van der Waals surface area (Å²) < 4.78 is 0. The third-order valence-corrected chi connectivity index (χ3v) is 4.35. The molecule has 0 aliphatic carbocycles. The second-order valence-electron chi connectivity index (χ2n) is 5.57. The summed E-state index contributed by atoms with van der Waals surface area (Å²) in [5, 5.41) is 9.36. The zero-order valence-corrected chi connectivity index (χ0v) is 11.5. The molecule has 0 radical (unpaired) electrons. The molecule has 1 atom stereocenters. The average molecular weight is 256 g/mol. The summed E-state index contributed by atoms with van der Waals surface area (Å²) in [6.07, 6.45) is 5.58. The van der Waals surface area contributed by atoms with E-state index in [0.717, 1.165) is 36.5 Å². The maximum atomic E-state index is 9.36. The van der Waals surface area contributed by atoms with Crippen LogP contribution in [0.15, 0.2) is 12.3 Å². The summed E-state index contributed by atoms with van der Waals surface area (Å²) >= 11 is 0. The first-order valence-electron chi connectivity index (χ1n) is 7.14. The number of hydrogen-bond donors (Lipinski definition) is 0. The molecule has 4 heteroatoms. The minimum Gasteiger partial charge on any atom is -0.354 e. The highest BCUT2D eigenvalue weighted by Crippen LogP contribution is 2.26. The van der Waals surface area contributed by atoms with Crippen molar-refractivity contribution in [3.8, 4) is 6.07 Å². The number of aryl methyl sites for hydroxylation is 1. The molecular weight excluding hydrogens is 236 g/mol. The molecule has 4 nitrogen and oxygen atoms in total. The highest BCUT2D eigenvalue weighted by molar-refractivity contribution is 5.57. The third kappa shape index (κ3) is 2.31. The quantitative estimate of drug-likeness (QED) is 0.770. The van der Waals surface area contributed by atoms with Crippen LogP contribution in [0.1, 0.15) is 30.4 Å². The van der Waals surface area contributed by atoms with E-state index in [1.807, 2.05) is 19.2 Å². The minimum atomic E-state index is 0.649. The van der Waals surface area contributed by atoms with Crippen LogP contribution < -0.4 is 4.90 Å². The van der Waals surface area contributed by atoms with Gasteiger partial charge in [0.15, 0.2) is 0 Å². The average Bonchev–Trinajstić information content (AvgIpc) is 2.76. The maximum absolute atomic E-state index is 9.36. The van der Waals surface area contributed by atoms with Crippen LogP contribution in [0.5, 0.6) is 0 Å². The van der Waals surface area contributed by atoms with Crippen LogP contribution in [0, 0.1) is 18.3 Å². The second kappa shape index (κ2) is 5.18. The van der Waals surface area contributed by atoms with Gasteiger partial charge < -0.3 is 4.90 Å². The molecule has 1 aromatic heterocycles. The Bertz CT molecular complexity index is 505. The monoisotopic (exact) mass is 256 g/mol. The molecule has 100 valence electrons. The van der Waals surface area contributed by atoms with Crippen molar-refractivity contribution in [2.75, 3.05) is 31.1 Å². The van der Waals surface area contributed by atoms with E-state index in [-0.39, 0.29) is 0 Å². The SMILES string of the molecule is Cc1ccnc(N2CCCN3CCCC3C2)c1C#N. The van der Waals surface area contributed by atoms with E-state index < -0.39 is 0 Å². The molecule has 0 N–H and O–H groups in total. The van der Waals surface area contributed by atoms with Crippen LogP contribution in [0.2, 0.25) is 0 Å². The Kier molecular flexibility index (Phi) is 3.39. The Labute approximate surface area is 114 Å². The van der Waals surface area contributed by atoms with E-state index in [0.29, 0.717) is 6.04 Å². The molecule has 0 bridgehead atoms. The fraction of sp³-hybridized carbons (Fsp3) is 0.600. The molecule has 1 aromatic rings. The normalized spacial score (nSPS) is 23.8. The number of anilines is 1. The summed E-state index contributed by atoms with van der Waals surface area (Å²) in [5.41, 5.74) is 1.77. The van der Waals surface area contributed by atoms with E-state index in [1.54, 1.807) is 0 Å². The Hall–Kier alpha value is -1.60. The topological polar surface area (TPSA) is 43.2 Å². The Morgan fingerprint density at radius 1 is 1.32 bits per heavy atom. The van der Waals surface area contributed by atoms with Crippen LogP contribution in [0.25, 0.3) is 0 Å². The lowest BCUT2D eigenvalue weighted by molar-refractivity contribution is 0.273. The molecule has 2 fully saturated rings. The fourth-order valence-corrected chi connectivity index (χ4v) is 3.32. The molecule has 2 saturated heterocycles. The van der Waals surface area contributed by atoms with E-state index in [4.69, 9.17) is 0 Å². The van der Waals surface area contributed by atoms with Crippen LogP contribution in [0.3, 0.4) is 0 Å². The summed E-state index contributed by atoms with van der Waals surface area (Å²) in [6, 6.07) is 4.89. The van der Waals surface area contributed by atoms with Gasteiger partial charge in [0, 0.05) is 31.9 Å². The molecular formula is C15H20N4. The fourth-order valence-electron chi connectivity index (χ4n) is 3.32. The Balaban J connectivity index is 1.89. The number of nitrogens with zero attached hydrogens (tertiary/aromatic N) is 4. The highest BCUT2D eigenvalue weighted by atomic mass is 15.3. The van der Waals surface area contributed by atoms with Gasteiger partial charge in [-0.15, -0.1) is 0 Å². The van der Waals surface area contributed by atoms with Gasteiger partial charge in [-0.2, -0.15) is 5.26 Å². The Morgan fingerprint density at radius 2 is 2.16 bits per heavy atom. The number of fused-ring (bicyclic) bond motifs is 1. The van der Waals surface area contributed by atoms with Crippen molar-refractivity contribution in [2.45, 2.75) is 32.2 Å². The first-order chi connectivity index (χ1) is 9.29. The van der Waals surface area contributed by atoms with E-state index >= 15 is 0 Å². The van der Waals surface area contributed by atoms with Crippen molar-refractivity contribution >= 4 is 5.82 Å². The van der Waals surface area contributed by atoms with Crippen molar-refractivity contribution in [1.29, 1.82) is 5.26 Å². The smallest absolute Gasteiger partial charge is 0.146 e. The third-order valence-electron chi connectivity index (χ3n) is 4.35. The standard InChI is InChI=1S/C15H20N4/c1-12-5-6-17-15(14(12)10-16)19-9-3-8-18-7-2-4-13(18)11-19/h5-6,13H,2-4,7-9,11H2,1H3. The van der Waals surface area contributed by atoms with Gasteiger partial charge in [0.25, 0.3) is 0 Å². The second-order valence-corrected chi connectivity index (χ2v) is 5.57. The van der Waals surface area contributed by atoms with Crippen molar-refractivity contribution in [3.05, 3.63) is 23.4 Å². The first-order valence-corrected chi connectivity index (χ1v) is 7.14. The van der Waals surface area contributed by atoms with E-state index in [9.17, 15) is 5.26 Å². The summed E-state index contributed by atoms with van der Waals surface area (Å²) in [5.74, 6) is 0.885. The molecule has 2 aliphatic heterocycles. The van der Waals surface area contributed by atoms with Gasteiger partial charge in [-0.3, -0.25) is 4.90 Å². The molecule has 0 spiro atoms. The number of pyridine rings is 1. The summed E-state index contributed by atoms with van der Waals surface area (Å²) in [4.78, 5) is 9.39. The molecule has 1 unspecified atom stereocenters. The van der Waals surface area contributed by atoms with Crippen LogP contribution >= 0.6 is 0 Å². The molecule has 2 aliphatic rings. The lowest BCUT2D eigenvalue weighted by Gasteiger charge is -2.27. The maximum Gasteiger partial charge on any atom is 0.146 e. The van der Waals surface area contributed by atoms with Gasteiger partial charge in [-0.25, -0.2) is 4.98 Å². The predicted molar refractivity (Wildman–Crippen MR) is 75.1 cm³/mol. The summed E-state index contributed by atoms with van der Waals surface area (Å²) in [7, 11) is 0. The molecule has 0 aromatic carbocycles. The predicted octanol–water partition coefficient (Wildman–Crippen LogP) is 1.94.